The summed E-state index contributed by atoms with van der Waals surface area (Å²) < 4.78 is 0. The summed E-state index contributed by atoms with van der Waals surface area (Å²) >= 11 is 1.49. The first-order chi connectivity index (χ1) is 10.3. The minimum atomic E-state index is 0.0829. The van der Waals surface area contributed by atoms with Gasteiger partial charge in [-0.05, 0) is 37.8 Å². The van der Waals surface area contributed by atoms with Crippen LogP contribution in [0.25, 0.3) is 0 Å². The Kier molecular flexibility index (Phi) is 6.80. The van der Waals surface area contributed by atoms with Gasteiger partial charge in [0.05, 0.1) is 0 Å². The fourth-order valence-electron chi connectivity index (χ4n) is 2.10. The van der Waals surface area contributed by atoms with Crippen molar-refractivity contribution in [3.8, 4) is 0 Å². The van der Waals surface area contributed by atoms with E-state index in [1.165, 1.54) is 11.8 Å². The number of para-hydroxylation sites is 1. The van der Waals surface area contributed by atoms with Gasteiger partial charge >= 0.3 is 0 Å². The molecular weight excluding hydrogens is 282 g/mol. The van der Waals surface area contributed by atoms with Crippen molar-refractivity contribution < 1.29 is 9.59 Å². The molecule has 0 spiro atoms. The molecule has 0 atom stereocenters. The van der Waals surface area contributed by atoms with Gasteiger partial charge in [0, 0.05) is 23.8 Å². The van der Waals surface area contributed by atoms with Gasteiger partial charge in [0.2, 0.25) is 5.91 Å². The number of hydrogen-bond donors (Lipinski definition) is 1. The van der Waals surface area contributed by atoms with Gasteiger partial charge in [-0.15, -0.1) is 0 Å². The highest BCUT2D eigenvalue weighted by atomic mass is 32.2. The van der Waals surface area contributed by atoms with Crippen molar-refractivity contribution in [3.05, 3.63) is 30.3 Å². The number of benzene rings is 1. The third-order valence-electron chi connectivity index (χ3n) is 3.51. The van der Waals surface area contributed by atoms with E-state index in [4.69, 9.17) is 0 Å². The van der Waals surface area contributed by atoms with E-state index in [2.05, 4.69) is 5.32 Å². The van der Waals surface area contributed by atoms with Crippen molar-refractivity contribution in [2.24, 2.45) is 5.92 Å². The molecule has 0 heterocycles. The van der Waals surface area contributed by atoms with Crippen LogP contribution in [0.5, 0.6) is 0 Å². The summed E-state index contributed by atoms with van der Waals surface area (Å²) in [7, 11) is 0. The van der Waals surface area contributed by atoms with Crippen molar-refractivity contribution in [2.75, 3.05) is 11.1 Å². The molecule has 0 bridgehead atoms. The van der Waals surface area contributed by atoms with Crippen LogP contribution in [0.15, 0.2) is 30.3 Å². The van der Waals surface area contributed by atoms with Crippen molar-refractivity contribution in [3.63, 3.8) is 0 Å². The van der Waals surface area contributed by atoms with E-state index >= 15 is 0 Å². The Bertz CT molecular complexity index is 457. The number of hydrogen-bond acceptors (Lipinski definition) is 3. The number of carbonyl (C=O) groups excluding carboxylic acids is 2. The molecule has 0 unspecified atom stereocenters. The first-order valence-corrected chi connectivity index (χ1v) is 8.76. The summed E-state index contributed by atoms with van der Waals surface area (Å²) in [5.41, 5.74) is 0.859. The zero-order valence-corrected chi connectivity index (χ0v) is 13.2. The molecule has 114 valence electrons. The van der Waals surface area contributed by atoms with Crippen LogP contribution in [0.2, 0.25) is 0 Å². The van der Waals surface area contributed by atoms with Crippen LogP contribution >= 0.6 is 11.8 Å². The molecule has 1 fully saturated rings. The first-order valence-electron chi connectivity index (χ1n) is 7.77. The molecule has 1 saturated carbocycles. The topological polar surface area (TPSA) is 46.2 Å². The quantitative estimate of drug-likeness (QED) is 0.694. The van der Waals surface area contributed by atoms with E-state index in [0.29, 0.717) is 17.5 Å². The van der Waals surface area contributed by atoms with Crippen LogP contribution < -0.4 is 5.32 Å². The lowest BCUT2D eigenvalue weighted by Crippen LogP contribution is -2.10. The number of unbranched alkanes of at least 4 members (excludes halogenated alkanes) is 3. The van der Waals surface area contributed by atoms with Crippen LogP contribution in [0.4, 0.5) is 5.69 Å². The fraction of sp³-hybridized carbons (Fsp3) is 0.529. The van der Waals surface area contributed by atoms with Gasteiger partial charge in [0.25, 0.3) is 0 Å². The number of nitrogens with one attached hydrogen (secondary N) is 1. The first kappa shape index (κ1) is 16.1. The molecule has 1 amide bonds. The molecule has 0 aliphatic heterocycles. The Morgan fingerprint density at radius 1 is 1.05 bits per heavy atom. The predicted octanol–water partition coefficient (Wildman–Crippen LogP) is 4.25. The van der Waals surface area contributed by atoms with E-state index in [1.807, 2.05) is 30.3 Å². The highest BCUT2D eigenvalue weighted by Crippen LogP contribution is 2.34. The minimum Gasteiger partial charge on any atom is -0.326 e. The van der Waals surface area contributed by atoms with E-state index in [1.54, 1.807) is 0 Å². The Labute approximate surface area is 130 Å². The molecule has 0 radical (unpaired) electrons. The molecule has 0 aromatic heterocycles. The van der Waals surface area contributed by atoms with Crippen molar-refractivity contribution in [1.82, 2.24) is 0 Å². The lowest BCUT2D eigenvalue weighted by Gasteiger charge is -2.05. The lowest BCUT2D eigenvalue weighted by molar-refractivity contribution is -0.116. The van der Waals surface area contributed by atoms with E-state index in [-0.39, 0.29) is 5.91 Å². The fourth-order valence-corrected chi connectivity index (χ4v) is 3.12. The summed E-state index contributed by atoms with van der Waals surface area (Å²) in [6, 6.07) is 9.55. The normalized spacial score (nSPS) is 13.9. The van der Waals surface area contributed by atoms with Gasteiger partial charge < -0.3 is 5.32 Å². The largest absolute Gasteiger partial charge is 0.326 e. The Balaban J connectivity index is 1.44. The smallest absolute Gasteiger partial charge is 0.224 e. The molecule has 0 saturated heterocycles. The summed E-state index contributed by atoms with van der Waals surface area (Å²) in [6.45, 7) is 0. The van der Waals surface area contributed by atoms with Crippen molar-refractivity contribution in [1.29, 1.82) is 0 Å². The van der Waals surface area contributed by atoms with Crippen LogP contribution in [0.1, 0.15) is 44.9 Å². The molecule has 3 nitrogen and oxygen atoms in total. The van der Waals surface area contributed by atoms with Gasteiger partial charge in [-0.25, -0.2) is 0 Å². The monoisotopic (exact) mass is 305 g/mol. The third-order valence-corrected chi connectivity index (χ3v) is 4.62. The van der Waals surface area contributed by atoms with Crippen LogP contribution in [-0.2, 0) is 9.59 Å². The SMILES string of the molecule is O=C(CCCCCCSC(=O)C1CC1)Nc1ccccc1. The second kappa shape index (κ2) is 8.88. The average molecular weight is 305 g/mol. The second-order valence-electron chi connectivity index (χ2n) is 5.52. The molecule has 21 heavy (non-hydrogen) atoms. The third kappa shape index (κ3) is 6.80. The molecule has 1 aromatic rings. The second-order valence-corrected chi connectivity index (χ2v) is 6.62. The number of amides is 1. The minimum absolute atomic E-state index is 0.0829. The zero-order valence-electron chi connectivity index (χ0n) is 12.3. The summed E-state index contributed by atoms with van der Waals surface area (Å²) in [4.78, 5) is 23.2. The lowest BCUT2D eigenvalue weighted by atomic mass is 10.1. The molecule has 4 heteroatoms. The number of thioether (sulfide) groups is 1. The predicted molar refractivity (Wildman–Crippen MR) is 88.3 cm³/mol. The maximum Gasteiger partial charge on any atom is 0.224 e. The molecule has 1 N–H and O–H groups in total. The van der Waals surface area contributed by atoms with E-state index in [9.17, 15) is 9.59 Å². The summed E-state index contributed by atoms with van der Waals surface area (Å²) in [5, 5.41) is 3.28. The van der Waals surface area contributed by atoms with Crippen molar-refractivity contribution >= 4 is 28.5 Å². The Hall–Kier alpha value is -1.29. The number of carbonyl (C=O) groups is 2. The number of anilines is 1. The molecule has 1 aromatic carbocycles. The molecule has 1 aliphatic rings. The number of rotatable bonds is 9. The standard InChI is InChI=1S/C17H23NO2S/c19-16(18-15-8-4-3-5-9-15)10-6-1-2-7-13-21-17(20)14-11-12-14/h3-5,8-9,14H,1-2,6-7,10-13H2,(H,18,19). The average Bonchev–Trinajstić information content (AvgIpc) is 3.31. The maximum absolute atomic E-state index is 11.7. The van der Waals surface area contributed by atoms with Gasteiger partial charge in [0.1, 0.15) is 0 Å². The maximum atomic E-state index is 11.7. The molecule has 2 rings (SSSR count). The Morgan fingerprint density at radius 2 is 1.76 bits per heavy atom. The van der Waals surface area contributed by atoms with E-state index in [0.717, 1.165) is 50.0 Å². The van der Waals surface area contributed by atoms with Gasteiger partial charge in [-0.3, -0.25) is 9.59 Å². The van der Waals surface area contributed by atoms with Crippen LogP contribution in [0.3, 0.4) is 0 Å². The molecule has 1 aliphatic carbocycles. The summed E-state index contributed by atoms with van der Waals surface area (Å²) in [6.07, 6.45) is 6.92. The van der Waals surface area contributed by atoms with Gasteiger partial charge in [-0.2, -0.15) is 0 Å². The van der Waals surface area contributed by atoms with Gasteiger partial charge in [0.15, 0.2) is 5.12 Å². The highest BCUT2D eigenvalue weighted by molar-refractivity contribution is 8.13. The van der Waals surface area contributed by atoms with Crippen LogP contribution in [0, 0.1) is 5.92 Å². The Morgan fingerprint density at radius 3 is 2.48 bits per heavy atom. The highest BCUT2D eigenvalue weighted by Gasteiger charge is 2.29. The zero-order chi connectivity index (χ0) is 14.9. The van der Waals surface area contributed by atoms with Crippen molar-refractivity contribution in [2.45, 2.75) is 44.9 Å². The molecular formula is C17H23NO2S. The van der Waals surface area contributed by atoms with Crippen LogP contribution in [-0.4, -0.2) is 16.8 Å². The van der Waals surface area contributed by atoms with Gasteiger partial charge in [-0.1, -0.05) is 42.8 Å². The van der Waals surface area contributed by atoms with E-state index < -0.39 is 0 Å². The summed E-state index contributed by atoms with van der Waals surface area (Å²) in [5.74, 6) is 1.39.